The molecular weight excluding hydrogens is 390 g/mol. The summed E-state index contributed by atoms with van der Waals surface area (Å²) in [4.78, 5) is 25.0. The van der Waals surface area contributed by atoms with Gasteiger partial charge in [0.05, 0.1) is 17.1 Å². The summed E-state index contributed by atoms with van der Waals surface area (Å²) in [5, 5.41) is 7.73. The SMILES string of the molecule is Cc1nn(C)c(C)c1NC(=O)[C@H](C)Oc1ccc(C(=O)c2ccc(Cl)cc2)cc1. The minimum absolute atomic E-state index is 0.110. The number of rotatable bonds is 6. The molecule has 0 spiro atoms. The van der Waals surface area contributed by atoms with E-state index in [9.17, 15) is 9.59 Å². The largest absolute Gasteiger partial charge is 0.481 e. The molecule has 0 bridgehead atoms. The fourth-order valence-corrected chi connectivity index (χ4v) is 3.02. The van der Waals surface area contributed by atoms with Gasteiger partial charge < -0.3 is 10.1 Å². The summed E-state index contributed by atoms with van der Waals surface area (Å²) in [7, 11) is 1.82. The van der Waals surface area contributed by atoms with Crippen LogP contribution in [0, 0.1) is 13.8 Å². The molecule has 0 aliphatic rings. The van der Waals surface area contributed by atoms with Crippen LogP contribution in [0.1, 0.15) is 34.2 Å². The molecule has 0 aliphatic carbocycles. The zero-order valence-corrected chi connectivity index (χ0v) is 17.4. The van der Waals surface area contributed by atoms with E-state index in [1.807, 2.05) is 20.9 Å². The van der Waals surface area contributed by atoms with Crippen molar-refractivity contribution >= 4 is 29.0 Å². The standard InChI is InChI=1S/C22H22ClN3O3/c1-13-20(14(2)26(4)25-13)24-22(28)15(3)29-19-11-7-17(8-12-19)21(27)16-5-9-18(23)10-6-16/h5-12,15H,1-4H3,(H,24,28)/t15-/m0/s1. The number of nitrogens with zero attached hydrogens (tertiary/aromatic N) is 2. The van der Waals surface area contributed by atoms with E-state index in [2.05, 4.69) is 10.4 Å². The summed E-state index contributed by atoms with van der Waals surface area (Å²) in [6, 6.07) is 13.4. The van der Waals surface area contributed by atoms with E-state index in [4.69, 9.17) is 16.3 Å². The molecule has 0 aliphatic heterocycles. The van der Waals surface area contributed by atoms with Gasteiger partial charge in [-0.2, -0.15) is 5.10 Å². The number of carbonyl (C=O) groups excluding carboxylic acids is 2. The Balaban J connectivity index is 1.65. The highest BCUT2D eigenvalue weighted by atomic mass is 35.5. The molecular formula is C22H22ClN3O3. The molecule has 1 atom stereocenters. The van der Waals surface area contributed by atoms with Gasteiger partial charge in [0.1, 0.15) is 5.75 Å². The molecule has 0 fully saturated rings. The molecule has 1 heterocycles. The fourth-order valence-electron chi connectivity index (χ4n) is 2.89. The normalized spacial score (nSPS) is 11.8. The minimum atomic E-state index is -0.716. The summed E-state index contributed by atoms with van der Waals surface area (Å²) in [5.41, 5.74) is 3.39. The number of benzene rings is 2. The van der Waals surface area contributed by atoms with Gasteiger partial charge in [-0.05, 0) is 69.3 Å². The Labute approximate surface area is 174 Å². The van der Waals surface area contributed by atoms with Gasteiger partial charge in [-0.25, -0.2) is 0 Å². The third-order valence-corrected chi connectivity index (χ3v) is 4.91. The molecule has 0 unspecified atom stereocenters. The number of ether oxygens (including phenoxy) is 1. The van der Waals surface area contributed by atoms with Crippen LogP contribution in [0.3, 0.4) is 0 Å². The van der Waals surface area contributed by atoms with Crippen molar-refractivity contribution in [2.75, 3.05) is 5.32 Å². The van der Waals surface area contributed by atoms with Crippen molar-refractivity contribution in [3.05, 3.63) is 76.1 Å². The van der Waals surface area contributed by atoms with Crippen molar-refractivity contribution in [2.45, 2.75) is 26.9 Å². The second-order valence-electron chi connectivity index (χ2n) is 6.78. The number of nitrogens with one attached hydrogen (secondary N) is 1. The van der Waals surface area contributed by atoms with Gasteiger partial charge in [0.15, 0.2) is 11.9 Å². The number of amides is 1. The summed E-state index contributed by atoms with van der Waals surface area (Å²) < 4.78 is 7.44. The van der Waals surface area contributed by atoms with Gasteiger partial charge in [0.2, 0.25) is 0 Å². The predicted molar refractivity (Wildman–Crippen MR) is 113 cm³/mol. The molecule has 29 heavy (non-hydrogen) atoms. The van der Waals surface area contributed by atoms with E-state index in [-0.39, 0.29) is 11.7 Å². The maximum absolute atomic E-state index is 12.5. The lowest BCUT2D eigenvalue weighted by atomic mass is 10.0. The van der Waals surface area contributed by atoms with Gasteiger partial charge in [0.25, 0.3) is 5.91 Å². The van der Waals surface area contributed by atoms with Crippen LogP contribution in [-0.2, 0) is 11.8 Å². The highest BCUT2D eigenvalue weighted by Crippen LogP contribution is 2.21. The van der Waals surface area contributed by atoms with Gasteiger partial charge in [-0.1, -0.05) is 11.6 Å². The molecule has 3 aromatic rings. The number of halogens is 1. The van der Waals surface area contributed by atoms with E-state index in [0.717, 1.165) is 11.4 Å². The predicted octanol–water partition coefficient (Wildman–Crippen LogP) is 4.33. The first-order valence-corrected chi connectivity index (χ1v) is 9.52. The van der Waals surface area contributed by atoms with E-state index in [1.54, 1.807) is 60.1 Å². The average Bonchev–Trinajstić information content (AvgIpc) is 2.94. The first-order chi connectivity index (χ1) is 13.8. The van der Waals surface area contributed by atoms with Gasteiger partial charge in [-0.15, -0.1) is 0 Å². The lowest BCUT2D eigenvalue weighted by Crippen LogP contribution is -2.30. The Bertz CT molecular complexity index is 1040. The quantitative estimate of drug-likeness (QED) is 0.613. The highest BCUT2D eigenvalue weighted by molar-refractivity contribution is 6.30. The zero-order chi connectivity index (χ0) is 21.1. The fraction of sp³-hybridized carbons (Fsp3) is 0.227. The molecule has 0 saturated carbocycles. The molecule has 7 heteroatoms. The zero-order valence-electron chi connectivity index (χ0n) is 16.7. The van der Waals surface area contributed by atoms with Gasteiger partial charge in [0, 0.05) is 23.2 Å². The highest BCUT2D eigenvalue weighted by Gasteiger charge is 2.19. The number of carbonyl (C=O) groups is 2. The van der Waals surface area contributed by atoms with Crippen LogP contribution >= 0.6 is 11.6 Å². The Morgan fingerprint density at radius 1 is 1.03 bits per heavy atom. The summed E-state index contributed by atoms with van der Waals surface area (Å²) in [6.07, 6.45) is -0.716. The van der Waals surface area contributed by atoms with Crippen LogP contribution in [0.4, 0.5) is 5.69 Å². The Morgan fingerprint density at radius 3 is 2.10 bits per heavy atom. The Kier molecular flexibility index (Phi) is 6.03. The molecule has 1 aromatic heterocycles. The van der Waals surface area contributed by atoms with Gasteiger partial charge >= 0.3 is 0 Å². The Hall–Kier alpha value is -3.12. The van der Waals surface area contributed by atoms with Crippen LogP contribution in [0.25, 0.3) is 0 Å². The van der Waals surface area contributed by atoms with Crippen LogP contribution in [-0.4, -0.2) is 27.6 Å². The first-order valence-electron chi connectivity index (χ1n) is 9.14. The Morgan fingerprint density at radius 2 is 1.59 bits per heavy atom. The van der Waals surface area contributed by atoms with Crippen molar-refractivity contribution in [3.8, 4) is 5.75 Å². The van der Waals surface area contributed by atoms with Crippen LogP contribution in [0.5, 0.6) is 5.75 Å². The first kappa shape index (κ1) is 20.6. The number of anilines is 1. The topological polar surface area (TPSA) is 73.2 Å². The van der Waals surface area contributed by atoms with Crippen LogP contribution < -0.4 is 10.1 Å². The molecule has 2 aromatic carbocycles. The number of hydrogen-bond acceptors (Lipinski definition) is 4. The molecule has 1 amide bonds. The third kappa shape index (κ3) is 4.66. The lowest BCUT2D eigenvalue weighted by Gasteiger charge is -2.15. The van der Waals surface area contributed by atoms with Crippen molar-refractivity contribution in [1.29, 1.82) is 0 Å². The lowest BCUT2D eigenvalue weighted by molar-refractivity contribution is -0.122. The molecule has 1 N–H and O–H groups in total. The average molecular weight is 412 g/mol. The maximum atomic E-state index is 12.5. The van der Waals surface area contributed by atoms with Crippen molar-refractivity contribution in [3.63, 3.8) is 0 Å². The van der Waals surface area contributed by atoms with E-state index in [1.165, 1.54) is 0 Å². The maximum Gasteiger partial charge on any atom is 0.265 e. The number of aryl methyl sites for hydroxylation is 2. The summed E-state index contributed by atoms with van der Waals surface area (Å²) in [5.74, 6) is 0.118. The van der Waals surface area contributed by atoms with Crippen molar-refractivity contribution < 1.29 is 14.3 Å². The molecule has 0 radical (unpaired) electrons. The number of hydrogen-bond donors (Lipinski definition) is 1. The summed E-state index contributed by atoms with van der Waals surface area (Å²) >= 11 is 5.86. The minimum Gasteiger partial charge on any atom is -0.481 e. The summed E-state index contributed by atoms with van der Waals surface area (Å²) in [6.45, 7) is 5.39. The third-order valence-electron chi connectivity index (χ3n) is 4.66. The van der Waals surface area contributed by atoms with Gasteiger partial charge in [-0.3, -0.25) is 14.3 Å². The van der Waals surface area contributed by atoms with Crippen molar-refractivity contribution in [1.82, 2.24) is 9.78 Å². The monoisotopic (exact) mass is 411 g/mol. The molecule has 150 valence electrons. The van der Waals surface area contributed by atoms with Crippen molar-refractivity contribution in [2.24, 2.45) is 7.05 Å². The number of ketones is 1. The molecule has 6 nitrogen and oxygen atoms in total. The smallest absolute Gasteiger partial charge is 0.265 e. The van der Waals surface area contributed by atoms with Crippen LogP contribution in [0.2, 0.25) is 5.02 Å². The second kappa shape index (κ2) is 8.49. The molecule has 0 saturated heterocycles. The van der Waals surface area contributed by atoms with E-state index >= 15 is 0 Å². The van der Waals surface area contributed by atoms with E-state index in [0.29, 0.717) is 27.6 Å². The number of aromatic nitrogens is 2. The molecule has 3 rings (SSSR count). The van der Waals surface area contributed by atoms with Crippen LogP contribution in [0.15, 0.2) is 48.5 Å². The second-order valence-corrected chi connectivity index (χ2v) is 7.22. The van der Waals surface area contributed by atoms with E-state index < -0.39 is 6.10 Å².